The summed E-state index contributed by atoms with van der Waals surface area (Å²) in [4.78, 5) is 10.5. The molecule has 0 heterocycles. The molecule has 0 aliphatic heterocycles. The summed E-state index contributed by atoms with van der Waals surface area (Å²) in [7, 11) is 0. The van der Waals surface area contributed by atoms with Crippen molar-refractivity contribution in [2.24, 2.45) is 0 Å². The lowest BCUT2D eigenvalue weighted by Gasteiger charge is -2.07. The van der Waals surface area contributed by atoms with Crippen LogP contribution in [0.3, 0.4) is 0 Å². The highest BCUT2D eigenvalue weighted by Crippen LogP contribution is 2.28. The lowest BCUT2D eigenvalue weighted by atomic mass is 10.0. The Kier molecular flexibility index (Phi) is 5.97. The van der Waals surface area contributed by atoms with Crippen molar-refractivity contribution in [2.75, 3.05) is 6.61 Å². The second-order valence-corrected chi connectivity index (χ2v) is 6.32. The number of carboxylic acids is 1. The molecule has 0 bridgehead atoms. The third kappa shape index (κ3) is 4.95. The van der Waals surface area contributed by atoms with Gasteiger partial charge in [-0.25, -0.2) is 4.79 Å². The summed E-state index contributed by atoms with van der Waals surface area (Å²) >= 11 is 6.70. The first kappa shape index (κ1) is 17.3. The molecule has 0 saturated carbocycles. The number of rotatable bonds is 5. The summed E-state index contributed by atoms with van der Waals surface area (Å²) < 4.78 is 6.72. The van der Waals surface area contributed by atoms with Crippen molar-refractivity contribution in [3.63, 3.8) is 0 Å². The highest BCUT2D eigenvalue weighted by molar-refractivity contribution is 9.10. The molecular weight excluding hydrogens is 426 g/mol. The number of ether oxygens (including phenoxy) is 1. The standard InChI is InChI=1S/C17H11Br2NO3/c18-14-4-2-12(3-5-14)13(9-20)7-11-1-6-16(15(19)8-11)23-10-17(21)22/h1-8H,10H2,(H,21,22)/b13-7+. The molecule has 0 aromatic heterocycles. The maximum atomic E-state index is 10.5. The molecule has 0 radical (unpaired) electrons. The molecule has 6 heteroatoms. The molecule has 2 aromatic carbocycles. The molecular formula is C17H11Br2NO3. The van der Waals surface area contributed by atoms with Crippen molar-refractivity contribution in [2.45, 2.75) is 0 Å². The zero-order valence-corrected chi connectivity index (χ0v) is 15.0. The van der Waals surface area contributed by atoms with Gasteiger partial charge in [-0.15, -0.1) is 0 Å². The number of hydrogen-bond acceptors (Lipinski definition) is 3. The SMILES string of the molecule is N#C/C(=C\c1ccc(OCC(=O)O)c(Br)c1)c1ccc(Br)cc1. The van der Waals surface area contributed by atoms with Gasteiger partial charge in [0, 0.05) is 4.47 Å². The van der Waals surface area contributed by atoms with Crippen LogP contribution in [0.5, 0.6) is 5.75 Å². The van der Waals surface area contributed by atoms with E-state index in [9.17, 15) is 10.1 Å². The van der Waals surface area contributed by atoms with Gasteiger partial charge < -0.3 is 9.84 Å². The van der Waals surface area contributed by atoms with E-state index in [0.29, 0.717) is 15.8 Å². The minimum absolute atomic E-state index is 0.407. The van der Waals surface area contributed by atoms with E-state index in [4.69, 9.17) is 9.84 Å². The van der Waals surface area contributed by atoms with Crippen LogP contribution < -0.4 is 4.74 Å². The molecule has 0 atom stereocenters. The molecule has 0 unspecified atom stereocenters. The first-order valence-electron chi connectivity index (χ1n) is 6.51. The van der Waals surface area contributed by atoms with Gasteiger partial charge in [-0.05, 0) is 57.4 Å². The number of carboxylic acid groups (broad SMARTS) is 1. The van der Waals surface area contributed by atoms with Crippen LogP contribution in [0.4, 0.5) is 0 Å². The normalized spacial score (nSPS) is 10.9. The summed E-state index contributed by atoms with van der Waals surface area (Å²) in [5.74, 6) is -0.602. The average Bonchev–Trinajstić information content (AvgIpc) is 2.52. The van der Waals surface area contributed by atoms with Crippen LogP contribution in [0.2, 0.25) is 0 Å². The monoisotopic (exact) mass is 435 g/mol. The van der Waals surface area contributed by atoms with Crippen molar-refractivity contribution < 1.29 is 14.6 Å². The van der Waals surface area contributed by atoms with Crippen LogP contribution in [-0.2, 0) is 4.79 Å². The first-order valence-corrected chi connectivity index (χ1v) is 8.10. The van der Waals surface area contributed by atoms with Gasteiger partial charge in [0.1, 0.15) is 5.75 Å². The lowest BCUT2D eigenvalue weighted by Crippen LogP contribution is -2.09. The number of nitriles is 1. The van der Waals surface area contributed by atoms with Gasteiger partial charge in [-0.3, -0.25) is 0 Å². The van der Waals surface area contributed by atoms with E-state index in [-0.39, 0.29) is 0 Å². The minimum atomic E-state index is -1.04. The Hall–Kier alpha value is -2.10. The average molecular weight is 437 g/mol. The Bertz CT molecular complexity index is 792. The Labute approximate surface area is 150 Å². The molecule has 23 heavy (non-hydrogen) atoms. The smallest absolute Gasteiger partial charge is 0.341 e. The zero-order chi connectivity index (χ0) is 16.8. The third-order valence-corrected chi connectivity index (χ3v) is 4.04. The second kappa shape index (κ2) is 7.95. The van der Waals surface area contributed by atoms with E-state index >= 15 is 0 Å². The van der Waals surface area contributed by atoms with Crippen LogP contribution in [0.1, 0.15) is 11.1 Å². The molecule has 116 valence electrons. The van der Waals surface area contributed by atoms with Crippen LogP contribution in [-0.4, -0.2) is 17.7 Å². The summed E-state index contributed by atoms with van der Waals surface area (Å²) in [5, 5.41) is 18.0. The van der Waals surface area contributed by atoms with E-state index in [1.54, 1.807) is 24.3 Å². The van der Waals surface area contributed by atoms with Crippen molar-refractivity contribution in [1.29, 1.82) is 5.26 Å². The Morgan fingerprint density at radius 1 is 1.22 bits per heavy atom. The molecule has 2 rings (SSSR count). The van der Waals surface area contributed by atoms with Gasteiger partial charge in [0.15, 0.2) is 6.61 Å². The number of benzene rings is 2. The maximum Gasteiger partial charge on any atom is 0.341 e. The quantitative estimate of drug-likeness (QED) is 0.542. The van der Waals surface area contributed by atoms with E-state index < -0.39 is 12.6 Å². The maximum absolute atomic E-state index is 10.5. The highest BCUT2D eigenvalue weighted by Gasteiger charge is 2.06. The van der Waals surface area contributed by atoms with Crippen molar-refractivity contribution in [3.05, 3.63) is 62.5 Å². The molecule has 0 spiro atoms. The van der Waals surface area contributed by atoms with Gasteiger partial charge in [-0.2, -0.15) is 5.26 Å². The topological polar surface area (TPSA) is 70.3 Å². The number of hydrogen-bond donors (Lipinski definition) is 1. The second-order valence-electron chi connectivity index (χ2n) is 4.55. The van der Waals surface area contributed by atoms with Crippen LogP contribution in [0.15, 0.2) is 51.4 Å². The summed E-state index contributed by atoms with van der Waals surface area (Å²) in [5.41, 5.74) is 2.15. The van der Waals surface area contributed by atoms with E-state index in [2.05, 4.69) is 37.9 Å². The summed E-state index contributed by atoms with van der Waals surface area (Å²) in [6.45, 7) is -0.407. The van der Waals surface area contributed by atoms with E-state index in [0.717, 1.165) is 15.6 Å². The molecule has 4 nitrogen and oxygen atoms in total. The fraction of sp³-hybridized carbons (Fsp3) is 0.0588. The molecule has 0 amide bonds. The molecule has 0 aliphatic rings. The lowest BCUT2D eigenvalue weighted by molar-refractivity contribution is -0.139. The van der Waals surface area contributed by atoms with Crippen LogP contribution in [0, 0.1) is 11.3 Å². The van der Waals surface area contributed by atoms with Crippen molar-refractivity contribution in [3.8, 4) is 11.8 Å². The Morgan fingerprint density at radius 3 is 2.48 bits per heavy atom. The predicted octanol–water partition coefficient (Wildman–Crippen LogP) is 4.74. The number of allylic oxidation sites excluding steroid dienone is 1. The third-order valence-electron chi connectivity index (χ3n) is 2.89. The van der Waals surface area contributed by atoms with Gasteiger partial charge in [0.05, 0.1) is 16.1 Å². The predicted molar refractivity (Wildman–Crippen MR) is 94.9 cm³/mol. The summed E-state index contributed by atoms with van der Waals surface area (Å²) in [6, 6.07) is 14.8. The van der Waals surface area contributed by atoms with Gasteiger partial charge >= 0.3 is 5.97 Å². The number of aliphatic carboxylic acids is 1. The first-order chi connectivity index (χ1) is 11.0. The largest absolute Gasteiger partial charge is 0.481 e. The van der Waals surface area contributed by atoms with Gasteiger partial charge in [0.2, 0.25) is 0 Å². The van der Waals surface area contributed by atoms with E-state index in [1.165, 1.54) is 0 Å². The Morgan fingerprint density at radius 2 is 1.91 bits per heavy atom. The fourth-order valence-electron chi connectivity index (χ4n) is 1.84. The zero-order valence-electron chi connectivity index (χ0n) is 11.8. The van der Waals surface area contributed by atoms with Crippen molar-refractivity contribution in [1.82, 2.24) is 0 Å². The highest BCUT2D eigenvalue weighted by atomic mass is 79.9. The van der Waals surface area contributed by atoms with Crippen molar-refractivity contribution >= 4 is 49.5 Å². The number of nitrogens with zero attached hydrogens (tertiary/aromatic N) is 1. The molecule has 0 aliphatic carbocycles. The molecule has 0 fully saturated rings. The molecule has 1 N–H and O–H groups in total. The minimum Gasteiger partial charge on any atom is -0.481 e. The van der Waals surface area contributed by atoms with Crippen LogP contribution >= 0.6 is 31.9 Å². The summed E-state index contributed by atoms with van der Waals surface area (Å²) in [6.07, 6.45) is 1.76. The van der Waals surface area contributed by atoms with Gasteiger partial charge in [-0.1, -0.05) is 34.1 Å². The Balaban J connectivity index is 2.27. The van der Waals surface area contributed by atoms with Crippen LogP contribution in [0.25, 0.3) is 11.6 Å². The van der Waals surface area contributed by atoms with Gasteiger partial charge in [0.25, 0.3) is 0 Å². The fourth-order valence-corrected chi connectivity index (χ4v) is 2.61. The number of carbonyl (C=O) groups is 1. The molecule has 0 saturated heterocycles. The molecule has 2 aromatic rings. The van der Waals surface area contributed by atoms with E-state index in [1.807, 2.05) is 24.3 Å². The number of halogens is 2.